The van der Waals surface area contributed by atoms with Crippen molar-refractivity contribution >= 4 is 17.6 Å². The molecule has 0 atom stereocenters. The molecule has 2 N–H and O–H groups in total. The van der Waals surface area contributed by atoms with E-state index in [0.717, 1.165) is 9.13 Å². The number of aryl methyl sites for hydroxylation is 1. The van der Waals surface area contributed by atoms with Crippen LogP contribution in [-0.4, -0.2) is 27.5 Å². The van der Waals surface area contributed by atoms with Crippen molar-refractivity contribution in [3.05, 3.63) is 50.1 Å². The van der Waals surface area contributed by atoms with Gasteiger partial charge in [0.1, 0.15) is 17.1 Å². The number of ether oxygens (including phenoxy) is 1. The van der Waals surface area contributed by atoms with Crippen LogP contribution >= 0.6 is 0 Å². The summed E-state index contributed by atoms with van der Waals surface area (Å²) in [6.45, 7) is 4.93. The molecule has 0 saturated heterocycles. The summed E-state index contributed by atoms with van der Waals surface area (Å²) in [6, 6.07) is 2.99. The van der Waals surface area contributed by atoms with Crippen LogP contribution in [0.1, 0.15) is 40.5 Å². The van der Waals surface area contributed by atoms with Gasteiger partial charge in [0.2, 0.25) is 11.5 Å². The van der Waals surface area contributed by atoms with Gasteiger partial charge in [0.15, 0.2) is 6.61 Å². The lowest BCUT2D eigenvalue weighted by Gasteiger charge is -2.16. The molecular weight excluding hydrogens is 342 g/mol. The maximum Gasteiger partial charge on any atom is 0.374 e. The number of nitrogen functional groups attached to an aromatic ring is 1. The predicted octanol–water partition coefficient (Wildman–Crippen LogP) is 0.726. The monoisotopic (exact) mass is 363 g/mol. The fourth-order valence-corrected chi connectivity index (χ4v) is 2.41. The van der Waals surface area contributed by atoms with Crippen molar-refractivity contribution in [2.24, 2.45) is 13.0 Å². The van der Waals surface area contributed by atoms with Gasteiger partial charge in [0.25, 0.3) is 5.56 Å². The Kier molecular flexibility index (Phi) is 5.49. The van der Waals surface area contributed by atoms with E-state index in [0.29, 0.717) is 5.76 Å². The lowest BCUT2D eigenvalue weighted by molar-refractivity contribution is 0.0442. The Hall–Kier alpha value is -3.10. The molecule has 0 spiro atoms. The minimum Gasteiger partial charge on any atom is -0.454 e. The molecule has 0 aromatic carbocycles. The van der Waals surface area contributed by atoms with Crippen LogP contribution in [0.15, 0.2) is 26.1 Å². The van der Waals surface area contributed by atoms with E-state index in [2.05, 4.69) is 0 Å². The number of furan rings is 1. The largest absolute Gasteiger partial charge is 0.454 e. The smallest absolute Gasteiger partial charge is 0.374 e. The summed E-state index contributed by atoms with van der Waals surface area (Å²) in [5.41, 5.74) is 4.07. The Bertz CT molecular complexity index is 964. The lowest BCUT2D eigenvalue weighted by Crippen LogP contribution is -2.43. The third-order valence-electron chi connectivity index (χ3n) is 3.69. The number of carbonyl (C=O) groups is 2. The standard InChI is InChI=1S/C17H21N3O6/c1-9(2)7-20-14(18)13(15(22)19(4)17(20)24)11(21)8-25-16(23)12-6-5-10(3)26-12/h5-6,9H,7-8,18H2,1-4H3. The Labute approximate surface area is 149 Å². The molecule has 0 bridgehead atoms. The average Bonchev–Trinajstić information content (AvgIpc) is 3.01. The van der Waals surface area contributed by atoms with Gasteiger partial charge in [-0.25, -0.2) is 9.59 Å². The van der Waals surface area contributed by atoms with E-state index < -0.39 is 29.6 Å². The molecule has 9 nitrogen and oxygen atoms in total. The third-order valence-corrected chi connectivity index (χ3v) is 3.69. The number of esters is 1. The van der Waals surface area contributed by atoms with Gasteiger partial charge in [0.05, 0.1) is 0 Å². The number of ketones is 1. The summed E-state index contributed by atoms with van der Waals surface area (Å²) in [6.07, 6.45) is 0. The fraction of sp³-hybridized carbons (Fsp3) is 0.412. The highest BCUT2D eigenvalue weighted by molar-refractivity contribution is 6.01. The van der Waals surface area contributed by atoms with Crippen LogP contribution in [0.3, 0.4) is 0 Å². The van der Waals surface area contributed by atoms with E-state index in [4.69, 9.17) is 14.9 Å². The maximum atomic E-state index is 12.4. The molecule has 0 amide bonds. The van der Waals surface area contributed by atoms with Gasteiger partial charge in [-0.15, -0.1) is 0 Å². The number of rotatable bonds is 6. The van der Waals surface area contributed by atoms with Crippen molar-refractivity contribution in [3.63, 3.8) is 0 Å². The first-order chi connectivity index (χ1) is 12.1. The summed E-state index contributed by atoms with van der Waals surface area (Å²) in [5.74, 6) is -1.34. The number of nitrogens with zero attached hydrogens (tertiary/aromatic N) is 2. The zero-order valence-electron chi connectivity index (χ0n) is 15.1. The van der Waals surface area contributed by atoms with Crippen molar-refractivity contribution in [1.82, 2.24) is 9.13 Å². The number of nitrogens with two attached hydrogens (primary N) is 1. The molecule has 0 radical (unpaired) electrons. The van der Waals surface area contributed by atoms with Gasteiger partial charge in [-0.3, -0.25) is 18.7 Å². The fourth-order valence-electron chi connectivity index (χ4n) is 2.41. The van der Waals surface area contributed by atoms with Crippen molar-refractivity contribution < 1.29 is 18.7 Å². The van der Waals surface area contributed by atoms with Crippen LogP contribution in [-0.2, 0) is 18.3 Å². The van der Waals surface area contributed by atoms with Crippen LogP contribution in [0.25, 0.3) is 0 Å². The maximum absolute atomic E-state index is 12.4. The Balaban J connectivity index is 2.31. The van der Waals surface area contributed by atoms with Crippen molar-refractivity contribution in [2.45, 2.75) is 27.3 Å². The van der Waals surface area contributed by atoms with E-state index >= 15 is 0 Å². The number of aromatic nitrogens is 2. The number of carbonyl (C=O) groups excluding carboxylic acids is 2. The molecule has 0 saturated carbocycles. The highest BCUT2D eigenvalue weighted by Gasteiger charge is 2.23. The number of hydrogen-bond donors (Lipinski definition) is 1. The van der Waals surface area contributed by atoms with E-state index in [1.54, 1.807) is 13.0 Å². The average molecular weight is 363 g/mol. The van der Waals surface area contributed by atoms with Gasteiger partial charge >= 0.3 is 11.7 Å². The first-order valence-corrected chi connectivity index (χ1v) is 7.99. The van der Waals surface area contributed by atoms with Gasteiger partial charge in [-0.2, -0.15) is 0 Å². The molecular formula is C17H21N3O6. The number of anilines is 1. The SMILES string of the molecule is Cc1ccc(C(=O)OCC(=O)c2c(N)n(CC(C)C)c(=O)n(C)c2=O)o1. The molecule has 2 rings (SSSR count). The first-order valence-electron chi connectivity index (χ1n) is 7.99. The molecule has 0 aliphatic carbocycles. The second kappa shape index (κ2) is 7.42. The molecule has 2 heterocycles. The Morgan fingerprint density at radius 1 is 1.27 bits per heavy atom. The second-order valence-electron chi connectivity index (χ2n) is 6.32. The second-order valence-corrected chi connectivity index (χ2v) is 6.32. The highest BCUT2D eigenvalue weighted by Crippen LogP contribution is 2.11. The zero-order chi connectivity index (χ0) is 19.6. The van der Waals surface area contributed by atoms with Gasteiger partial charge in [-0.05, 0) is 25.0 Å². The Morgan fingerprint density at radius 3 is 2.46 bits per heavy atom. The summed E-state index contributed by atoms with van der Waals surface area (Å²) >= 11 is 0. The zero-order valence-corrected chi connectivity index (χ0v) is 15.1. The number of Topliss-reactive ketones (excluding diaryl/α,β-unsaturated/α-hetero) is 1. The van der Waals surface area contributed by atoms with Crippen LogP contribution in [0.4, 0.5) is 5.82 Å². The molecule has 0 fully saturated rings. The van der Waals surface area contributed by atoms with Gasteiger partial charge in [0, 0.05) is 13.6 Å². The summed E-state index contributed by atoms with van der Waals surface area (Å²) in [5, 5.41) is 0. The highest BCUT2D eigenvalue weighted by atomic mass is 16.5. The summed E-state index contributed by atoms with van der Waals surface area (Å²) < 4.78 is 12.0. The summed E-state index contributed by atoms with van der Waals surface area (Å²) in [7, 11) is 1.26. The minimum atomic E-state index is -0.836. The molecule has 0 aliphatic rings. The van der Waals surface area contributed by atoms with Gasteiger partial charge in [-0.1, -0.05) is 13.8 Å². The van der Waals surface area contributed by atoms with E-state index in [-0.39, 0.29) is 29.6 Å². The normalized spacial score (nSPS) is 11.0. The molecule has 140 valence electrons. The van der Waals surface area contributed by atoms with E-state index in [9.17, 15) is 19.2 Å². The van der Waals surface area contributed by atoms with Crippen LogP contribution < -0.4 is 17.0 Å². The van der Waals surface area contributed by atoms with E-state index in [1.165, 1.54) is 13.1 Å². The van der Waals surface area contributed by atoms with Crippen LogP contribution in [0, 0.1) is 12.8 Å². The lowest BCUT2D eigenvalue weighted by atomic mass is 10.1. The molecule has 9 heteroatoms. The number of hydrogen-bond acceptors (Lipinski definition) is 7. The van der Waals surface area contributed by atoms with Crippen molar-refractivity contribution in [1.29, 1.82) is 0 Å². The first kappa shape index (κ1) is 19.2. The quantitative estimate of drug-likeness (QED) is 0.592. The third kappa shape index (κ3) is 3.76. The molecule has 26 heavy (non-hydrogen) atoms. The molecule has 0 unspecified atom stereocenters. The van der Waals surface area contributed by atoms with E-state index in [1.807, 2.05) is 13.8 Å². The topological polar surface area (TPSA) is 127 Å². The Morgan fingerprint density at radius 2 is 1.92 bits per heavy atom. The molecule has 2 aromatic heterocycles. The van der Waals surface area contributed by atoms with Crippen molar-refractivity contribution in [3.8, 4) is 0 Å². The van der Waals surface area contributed by atoms with Crippen LogP contribution in [0.2, 0.25) is 0 Å². The van der Waals surface area contributed by atoms with Crippen LogP contribution in [0.5, 0.6) is 0 Å². The molecule has 0 aliphatic heterocycles. The van der Waals surface area contributed by atoms with Gasteiger partial charge < -0.3 is 14.9 Å². The predicted molar refractivity (Wildman–Crippen MR) is 93.3 cm³/mol. The minimum absolute atomic E-state index is 0.0547. The summed E-state index contributed by atoms with van der Waals surface area (Å²) in [4.78, 5) is 48.8. The van der Waals surface area contributed by atoms with Crippen molar-refractivity contribution in [2.75, 3.05) is 12.3 Å². The molecule has 2 aromatic rings.